The topological polar surface area (TPSA) is 79.3 Å². The predicted octanol–water partition coefficient (Wildman–Crippen LogP) is 1.96. The summed E-state index contributed by atoms with van der Waals surface area (Å²) in [6.45, 7) is 4.26. The average Bonchev–Trinajstić information content (AvgIpc) is 2.37. The van der Waals surface area contributed by atoms with Crippen LogP contribution >= 0.6 is 11.8 Å². The van der Waals surface area contributed by atoms with Crippen LogP contribution in [0.25, 0.3) is 0 Å². The van der Waals surface area contributed by atoms with Crippen LogP contribution < -0.4 is 5.32 Å². The third kappa shape index (κ3) is 4.55. The summed E-state index contributed by atoms with van der Waals surface area (Å²) in [4.78, 5) is 26.7. The van der Waals surface area contributed by atoms with Crippen molar-refractivity contribution in [3.8, 4) is 0 Å². The summed E-state index contributed by atoms with van der Waals surface area (Å²) < 4.78 is 0. The van der Waals surface area contributed by atoms with E-state index in [1.54, 1.807) is 18.7 Å². The number of carbonyl (C=O) groups is 2. The number of thioether (sulfide) groups is 1. The highest BCUT2D eigenvalue weighted by Crippen LogP contribution is 2.09. The largest absolute Gasteiger partial charge is 0.478 e. The van der Waals surface area contributed by atoms with Gasteiger partial charge in [0.1, 0.15) is 5.69 Å². The molecule has 0 bridgehead atoms. The van der Waals surface area contributed by atoms with Gasteiger partial charge in [-0.2, -0.15) is 11.8 Å². The number of carboxylic acid groups (broad SMARTS) is 1. The Morgan fingerprint density at radius 1 is 1.47 bits per heavy atom. The molecule has 2 N–H and O–H groups in total. The first kappa shape index (κ1) is 15.5. The number of nitrogens with one attached hydrogen (secondary N) is 1. The summed E-state index contributed by atoms with van der Waals surface area (Å²) >= 11 is 1.75. The minimum Gasteiger partial charge on any atom is -0.478 e. The number of aromatic nitrogens is 1. The lowest BCUT2D eigenvalue weighted by molar-refractivity contribution is 0.0694. The number of hydrogen-bond donors (Lipinski definition) is 2. The molecule has 1 aromatic heterocycles. The highest BCUT2D eigenvalue weighted by atomic mass is 32.2. The van der Waals surface area contributed by atoms with Gasteiger partial charge in [-0.15, -0.1) is 0 Å². The normalized spacial score (nSPS) is 11.9. The lowest BCUT2D eigenvalue weighted by atomic mass is 10.2. The maximum Gasteiger partial charge on any atom is 0.337 e. The monoisotopic (exact) mass is 282 g/mol. The average molecular weight is 282 g/mol. The maximum absolute atomic E-state index is 11.8. The summed E-state index contributed by atoms with van der Waals surface area (Å²) in [6, 6.07) is 2.84. The molecule has 1 aromatic rings. The molecule has 1 rings (SSSR count). The fraction of sp³-hybridized carbons (Fsp3) is 0.462. The number of nitrogens with zero attached hydrogens (tertiary/aromatic N) is 1. The minimum absolute atomic E-state index is 0.118. The highest BCUT2D eigenvalue weighted by Gasteiger charge is 2.12. The Kier molecular flexibility index (Phi) is 5.82. The second-order valence-electron chi connectivity index (χ2n) is 4.23. The van der Waals surface area contributed by atoms with Crippen LogP contribution in [0.3, 0.4) is 0 Å². The van der Waals surface area contributed by atoms with Crippen molar-refractivity contribution in [3.63, 3.8) is 0 Å². The summed E-state index contributed by atoms with van der Waals surface area (Å²) in [5, 5.41) is 12.1. The molecule has 0 aliphatic heterocycles. The third-order valence-corrected chi connectivity index (χ3v) is 3.83. The van der Waals surface area contributed by atoms with Gasteiger partial charge >= 0.3 is 5.97 Å². The second-order valence-corrected chi connectivity index (χ2v) is 5.50. The van der Waals surface area contributed by atoms with E-state index in [0.717, 1.165) is 6.42 Å². The van der Waals surface area contributed by atoms with Gasteiger partial charge in [-0.25, -0.2) is 9.78 Å². The van der Waals surface area contributed by atoms with Gasteiger partial charge in [0.05, 0.1) is 11.3 Å². The van der Waals surface area contributed by atoms with Crippen LogP contribution in [-0.4, -0.2) is 40.0 Å². The number of aryl methyl sites for hydroxylation is 1. The standard InChI is InChI=1S/C13H18N2O3S/c1-8(19-3)6-7-14-12(16)11-5-4-10(13(17)18)9(2)15-11/h4-5,8H,6-7H2,1-3H3,(H,14,16)(H,17,18). The SMILES string of the molecule is CSC(C)CCNC(=O)c1ccc(C(=O)O)c(C)n1. The lowest BCUT2D eigenvalue weighted by Crippen LogP contribution is -2.27. The predicted molar refractivity (Wildman–Crippen MR) is 75.9 cm³/mol. The number of pyridine rings is 1. The van der Waals surface area contributed by atoms with Crippen molar-refractivity contribution in [1.29, 1.82) is 0 Å². The molecule has 104 valence electrons. The van der Waals surface area contributed by atoms with Gasteiger partial charge in [0.15, 0.2) is 0 Å². The van der Waals surface area contributed by atoms with Crippen molar-refractivity contribution in [2.45, 2.75) is 25.5 Å². The van der Waals surface area contributed by atoms with Crippen LogP contribution in [0, 0.1) is 6.92 Å². The molecule has 0 saturated heterocycles. The fourth-order valence-electron chi connectivity index (χ4n) is 1.51. The Morgan fingerprint density at radius 3 is 2.68 bits per heavy atom. The van der Waals surface area contributed by atoms with Gasteiger partial charge in [0.2, 0.25) is 0 Å². The van der Waals surface area contributed by atoms with Gasteiger partial charge in [-0.1, -0.05) is 6.92 Å². The Hall–Kier alpha value is -1.56. The molecule has 6 heteroatoms. The molecule has 0 aromatic carbocycles. The van der Waals surface area contributed by atoms with Crippen molar-refractivity contribution in [2.75, 3.05) is 12.8 Å². The zero-order valence-electron chi connectivity index (χ0n) is 11.3. The van der Waals surface area contributed by atoms with Gasteiger partial charge < -0.3 is 10.4 Å². The summed E-state index contributed by atoms with van der Waals surface area (Å²) in [5.41, 5.74) is 0.712. The van der Waals surface area contributed by atoms with Crippen LogP contribution in [0.1, 0.15) is 39.9 Å². The minimum atomic E-state index is -1.04. The van der Waals surface area contributed by atoms with E-state index in [4.69, 9.17) is 5.11 Å². The maximum atomic E-state index is 11.8. The lowest BCUT2D eigenvalue weighted by Gasteiger charge is -2.09. The van der Waals surface area contributed by atoms with E-state index < -0.39 is 5.97 Å². The molecule has 0 fully saturated rings. The van der Waals surface area contributed by atoms with Crippen LogP contribution in [0.2, 0.25) is 0 Å². The Labute approximate surface area is 116 Å². The van der Waals surface area contributed by atoms with E-state index in [9.17, 15) is 9.59 Å². The molecule has 0 saturated carbocycles. The Balaban J connectivity index is 2.63. The zero-order valence-corrected chi connectivity index (χ0v) is 12.1. The molecule has 1 heterocycles. The molecule has 0 radical (unpaired) electrons. The molecule has 1 unspecified atom stereocenters. The molecule has 5 nitrogen and oxygen atoms in total. The highest BCUT2D eigenvalue weighted by molar-refractivity contribution is 7.99. The first-order valence-electron chi connectivity index (χ1n) is 5.97. The third-order valence-electron chi connectivity index (χ3n) is 2.79. The molecule has 0 spiro atoms. The number of carboxylic acids is 1. The number of aromatic carboxylic acids is 1. The summed E-state index contributed by atoms with van der Waals surface area (Å²) in [5.74, 6) is -1.31. The first-order chi connectivity index (χ1) is 8.95. The van der Waals surface area contributed by atoms with E-state index in [-0.39, 0.29) is 17.2 Å². The van der Waals surface area contributed by atoms with Crippen LogP contribution in [-0.2, 0) is 0 Å². The number of hydrogen-bond acceptors (Lipinski definition) is 4. The van der Waals surface area contributed by atoms with Crippen molar-refractivity contribution < 1.29 is 14.7 Å². The van der Waals surface area contributed by atoms with E-state index in [1.165, 1.54) is 12.1 Å². The molecule has 1 amide bonds. The van der Waals surface area contributed by atoms with Crippen molar-refractivity contribution in [3.05, 3.63) is 29.1 Å². The van der Waals surface area contributed by atoms with Gasteiger partial charge in [-0.05, 0) is 31.7 Å². The Bertz CT molecular complexity index is 477. The zero-order chi connectivity index (χ0) is 14.4. The van der Waals surface area contributed by atoms with Gasteiger partial charge in [-0.3, -0.25) is 4.79 Å². The molecule has 1 atom stereocenters. The molecule has 19 heavy (non-hydrogen) atoms. The number of rotatable bonds is 6. The van der Waals surface area contributed by atoms with Gasteiger partial charge in [0, 0.05) is 11.8 Å². The quantitative estimate of drug-likeness (QED) is 0.833. The fourth-order valence-corrected chi connectivity index (χ4v) is 1.86. The molecular formula is C13H18N2O3S. The smallest absolute Gasteiger partial charge is 0.337 e. The second kappa shape index (κ2) is 7.13. The van der Waals surface area contributed by atoms with Gasteiger partial charge in [0.25, 0.3) is 5.91 Å². The van der Waals surface area contributed by atoms with Crippen molar-refractivity contribution in [1.82, 2.24) is 10.3 Å². The summed E-state index contributed by atoms with van der Waals surface area (Å²) in [6.07, 6.45) is 2.92. The molecule has 0 aliphatic rings. The van der Waals surface area contributed by atoms with Crippen LogP contribution in [0.5, 0.6) is 0 Å². The van der Waals surface area contributed by atoms with E-state index in [0.29, 0.717) is 17.5 Å². The van der Waals surface area contributed by atoms with Crippen LogP contribution in [0.15, 0.2) is 12.1 Å². The van der Waals surface area contributed by atoms with E-state index in [2.05, 4.69) is 17.2 Å². The van der Waals surface area contributed by atoms with E-state index >= 15 is 0 Å². The number of amides is 1. The van der Waals surface area contributed by atoms with Crippen molar-refractivity contribution >= 4 is 23.6 Å². The molecule has 0 aliphatic carbocycles. The molecular weight excluding hydrogens is 264 g/mol. The van der Waals surface area contributed by atoms with E-state index in [1.807, 2.05) is 6.26 Å². The summed E-state index contributed by atoms with van der Waals surface area (Å²) in [7, 11) is 0. The van der Waals surface area contributed by atoms with Crippen molar-refractivity contribution in [2.24, 2.45) is 0 Å². The van der Waals surface area contributed by atoms with Crippen LogP contribution in [0.4, 0.5) is 0 Å². The number of carbonyl (C=O) groups excluding carboxylic acids is 1. The first-order valence-corrected chi connectivity index (χ1v) is 7.26. The Morgan fingerprint density at radius 2 is 2.16 bits per heavy atom.